The van der Waals surface area contributed by atoms with Crippen LogP contribution in [-0.2, 0) is 4.79 Å². The second-order valence-corrected chi connectivity index (χ2v) is 17.1. The number of urea groups is 2. The Morgan fingerprint density at radius 3 is 2.25 bits per heavy atom. The van der Waals surface area contributed by atoms with E-state index in [1.54, 1.807) is 27.8 Å². The lowest BCUT2D eigenvalue weighted by Gasteiger charge is -2.39. The SMILES string of the molecule is Cc1cc(N2CCC(CN3CCC(c4ccc(Nc5c(F)c(N6CCC[C@@H](N7CCN(C)C7=O)C6)c(F)c(F)c5C(N)=O)cc4F)CC3)CC2)ccc1N1CCC(=O)NC1=O. The molecule has 1 atom stereocenters. The number of likely N-dealkylation sites (tertiary alicyclic amines) is 1. The molecule has 0 aromatic heterocycles. The zero-order chi connectivity index (χ0) is 43.1. The van der Waals surface area contributed by atoms with Crippen LogP contribution in [0.5, 0.6) is 0 Å². The molecule has 5 aliphatic heterocycles. The topological polar surface area (TPSA) is 138 Å². The largest absolute Gasteiger partial charge is 0.372 e. The van der Waals surface area contributed by atoms with Gasteiger partial charge in [-0.25, -0.2) is 27.2 Å². The van der Waals surface area contributed by atoms with Gasteiger partial charge in [-0.1, -0.05) is 6.07 Å². The van der Waals surface area contributed by atoms with Crippen LogP contribution < -0.4 is 31.1 Å². The summed E-state index contributed by atoms with van der Waals surface area (Å²) in [4.78, 5) is 60.0. The molecule has 326 valence electrons. The molecule has 0 unspecified atom stereocenters. The second kappa shape index (κ2) is 17.4. The van der Waals surface area contributed by atoms with Crippen molar-refractivity contribution in [1.82, 2.24) is 20.0 Å². The number of amides is 6. The van der Waals surface area contributed by atoms with E-state index in [4.69, 9.17) is 5.73 Å². The van der Waals surface area contributed by atoms with Gasteiger partial charge in [0.1, 0.15) is 17.1 Å². The van der Waals surface area contributed by atoms with E-state index in [9.17, 15) is 19.2 Å². The van der Waals surface area contributed by atoms with Gasteiger partial charge in [0.05, 0.1) is 11.7 Å². The van der Waals surface area contributed by atoms with Gasteiger partial charge in [0.2, 0.25) is 5.91 Å². The highest BCUT2D eigenvalue weighted by molar-refractivity contribution is 6.06. The number of aryl methyl sites for hydroxylation is 1. The Labute approximate surface area is 352 Å². The smallest absolute Gasteiger partial charge is 0.328 e. The van der Waals surface area contributed by atoms with Gasteiger partial charge < -0.3 is 35.6 Å². The molecule has 8 rings (SSSR count). The lowest BCUT2D eigenvalue weighted by Crippen LogP contribution is -2.49. The quantitative estimate of drug-likeness (QED) is 0.161. The summed E-state index contributed by atoms with van der Waals surface area (Å²) in [7, 11) is 1.68. The molecule has 3 aromatic carbocycles. The zero-order valence-electron chi connectivity index (χ0n) is 34.6. The number of nitrogens with two attached hydrogens (primary N) is 1. The predicted octanol–water partition coefficient (Wildman–Crippen LogP) is 6.27. The second-order valence-electron chi connectivity index (χ2n) is 17.1. The lowest BCUT2D eigenvalue weighted by atomic mass is 9.87. The average Bonchev–Trinajstić information content (AvgIpc) is 3.58. The standard InChI is InChI=1S/C44H53F4N9O4/c1-26-22-30(6-8-34(26)57-19-13-35(58)51-43(57)60)54-17-9-27(10-18-54)24-53-15-11-28(12-16-53)32-7-5-29(23-33(32)45)50-40-36(42(49)59)37(46)38(47)41(39(40)48)55-14-3-4-31(25-55)56-21-20-52(2)44(56)61/h5-8,22-23,27-28,31,50H,3-4,9-21,24-25H2,1-2H3,(H2,49,59)(H,51,58,60)/t31-/m1/s1. The number of piperidine rings is 3. The first-order chi connectivity index (χ1) is 29.3. The van der Waals surface area contributed by atoms with Crippen molar-refractivity contribution in [2.75, 3.05) is 92.5 Å². The molecule has 13 nitrogen and oxygen atoms in total. The average molecular weight is 848 g/mol. The molecule has 0 spiro atoms. The van der Waals surface area contributed by atoms with E-state index >= 15 is 17.6 Å². The van der Waals surface area contributed by atoms with Crippen molar-refractivity contribution in [3.8, 4) is 0 Å². The van der Waals surface area contributed by atoms with Crippen LogP contribution in [0.4, 0.5) is 55.6 Å². The van der Waals surface area contributed by atoms with Crippen LogP contribution >= 0.6 is 0 Å². The van der Waals surface area contributed by atoms with Gasteiger partial charge in [0.15, 0.2) is 17.5 Å². The van der Waals surface area contributed by atoms with Gasteiger partial charge in [-0.05, 0) is 112 Å². The first kappa shape index (κ1) is 42.1. The Bertz CT molecular complexity index is 2210. The molecule has 3 aromatic rings. The van der Waals surface area contributed by atoms with Gasteiger partial charge in [0.25, 0.3) is 5.91 Å². The van der Waals surface area contributed by atoms with E-state index in [1.165, 1.54) is 17.0 Å². The number of imide groups is 1. The molecule has 5 fully saturated rings. The van der Waals surface area contributed by atoms with Crippen LogP contribution in [0.2, 0.25) is 0 Å². The van der Waals surface area contributed by atoms with E-state index < -0.39 is 52.1 Å². The fraction of sp³-hybridized carbons (Fsp3) is 0.500. The van der Waals surface area contributed by atoms with Crippen LogP contribution in [0.3, 0.4) is 0 Å². The van der Waals surface area contributed by atoms with Crippen LogP contribution in [-0.4, -0.2) is 117 Å². The minimum Gasteiger partial charge on any atom is -0.372 e. The summed E-state index contributed by atoms with van der Waals surface area (Å²) in [5.74, 6) is -6.07. The molecule has 0 radical (unpaired) electrons. The summed E-state index contributed by atoms with van der Waals surface area (Å²) in [6.45, 7) is 8.01. The van der Waals surface area contributed by atoms with Gasteiger partial charge >= 0.3 is 12.1 Å². The maximum absolute atomic E-state index is 16.4. The lowest BCUT2D eigenvalue weighted by molar-refractivity contribution is -0.120. The number of benzene rings is 3. The number of rotatable bonds is 10. The molecule has 5 aliphatic rings. The van der Waals surface area contributed by atoms with Gasteiger partial charge in [0, 0.05) is 82.9 Å². The van der Waals surface area contributed by atoms with Crippen LogP contribution in [0.15, 0.2) is 36.4 Å². The van der Waals surface area contributed by atoms with Crippen LogP contribution in [0, 0.1) is 36.1 Å². The molecule has 5 heterocycles. The molecule has 4 N–H and O–H groups in total. The van der Waals surface area contributed by atoms with Gasteiger partial charge in [-0.2, -0.15) is 0 Å². The molecular weight excluding hydrogens is 795 g/mol. The van der Waals surface area contributed by atoms with Crippen LogP contribution in [0.25, 0.3) is 0 Å². The van der Waals surface area contributed by atoms with Crippen molar-refractivity contribution in [3.63, 3.8) is 0 Å². The minimum atomic E-state index is -1.60. The van der Waals surface area contributed by atoms with E-state index in [2.05, 4.69) is 26.5 Å². The summed E-state index contributed by atoms with van der Waals surface area (Å²) in [6.07, 6.45) is 4.96. The van der Waals surface area contributed by atoms with E-state index in [-0.39, 0.29) is 49.1 Å². The van der Waals surface area contributed by atoms with Crippen molar-refractivity contribution in [2.45, 2.75) is 63.8 Å². The number of halogens is 4. The molecular formula is C44H53F4N9O4. The van der Waals surface area contributed by atoms with Crippen molar-refractivity contribution >= 4 is 52.3 Å². The van der Waals surface area contributed by atoms with Crippen molar-refractivity contribution in [2.24, 2.45) is 11.7 Å². The third-order valence-corrected chi connectivity index (χ3v) is 13.3. The third kappa shape index (κ3) is 8.53. The number of anilines is 5. The maximum atomic E-state index is 16.4. The number of nitrogens with zero attached hydrogens (tertiary/aromatic N) is 6. The number of hydrogen-bond acceptors (Lipinski definition) is 8. The highest BCUT2D eigenvalue weighted by atomic mass is 19.2. The number of primary amides is 1. The molecule has 61 heavy (non-hydrogen) atoms. The summed E-state index contributed by atoms with van der Waals surface area (Å²) < 4.78 is 63.4. The minimum absolute atomic E-state index is 0.0445. The van der Waals surface area contributed by atoms with E-state index in [1.807, 2.05) is 19.1 Å². The summed E-state index contributed by atoms with van der Waals surface area (Å²) in [6, 6.07) is 9.51. The van der Waals surface area contributed by atoms with Crippen molar-refractivity contribution in [1.29, 1.82) is 0 Å². The number of carbonyl (C=O) groups is 4. The first-order valence-corrected chi connectivity index (χ1v) is 21.3. The van der Waals surface area contributed by atoms with E-state index in [0.717, 1.165) is 75.3 Å². The van der Waals surface area contributed by atoms with E-state index in [0.29, 0.717) is 44.0 Å². The van der Waals surface area contributed by atoms with Gasteiger partial charge in [-0.3, -0.25) is 19.8 Å². The fourth-order valence-corrected chi connectivity index (χ4v) is 9.87. The summed E-state index contributed by atoms with van der Waals surface area (Å²) in [5.41, 5.74) is 6.55. The molecule has 5 saturated heterocycles. The first-order valence-electron chi connectivity index (χ1n) is 21.3. The summed E-state index contributed by atoms with van der Waals surface area (Å²) >= 11 is 0. The molecule has 17 heteroatoms. The Balaban J connectivity index is 0.870. The Hall–Kier alpha value is -5.58. The molecule has 0 aliphatic carbocycles. The Morgan fingerprint density at radius 2 is 1.59 bits per heavy atom. The van der Waals surface area contributed by atoms with Gasteiger partial charge in [-0.15, -0.1) is 0 Å². The number of carbonyl (C=O) groups excluding carboxylic acids is 4. The Kier molecular flexibility index (Phi) is 12.0. The maximum Gasteiger partial charge on any atom is 0.328 e. The van der Waals surface area contributed by atoms with Crippen molar-refractivity contribution < 1.29 is 36.7 Å². The predicted molar refractivity (Wildman–Crippen MR) is 225 cm³/mol. The number of hydrogen-bond donors (Lipinski definition) is 3. The number of likely N-dealkylation sites (N-methyl/N-ethyl adjacent to an activating group) is 1. The molecule has 0 bridgehead atoms. The van der Waals surface area contributed by atoms with Crippen molar-refractivity contribution in [3.05, 3.63) is 76.4 Å². The Morgan fingerprint density at radius 1 is 0.836 bits per heavy atom. The summed E-state index contributed by atoms with van der Waals surface area (Å²) in [5, 5.41) is 5.03. The fourth-order valence-electron chi connectivity index (χ4n) is 9.87. The number of nitrogens with one attached hydrogen (secondary N) is 2. The molecule has 6 amide bonds. The third-order valence-electron chi connectivity index (χ3n) is 13.3. The van der Waals surface area contributed by atoms with Crippen LogP contribution in [0.1, 0.15) is 72.3 Å². The highest BCUT2D eigenvalue weighted by Crippen LogP contribution is 2.40. The molecule has 0 saturated carbocycles. The highest BCUT2D eigenvalue weighted by Gasteiger charge is 2.38. The monoisotopic (exact) mass is 847 g/mol. The zero-order valence-corrected chi connectivity index (χ0v) is 34.6. The normalized spacial score (nSPS) is 21.1.